The second-order valence-electron chi connectivity index (χ2n) is 2.82. The van der Waals surface area contributed by atoms with Crippen LogP contribution in [0, 0.1) is 0 Å². The van der Waals surface area contributed by atoms with Crippen LogP contribution >= 0.6 is 0 Å². The molecule has 1 rings (SSSR count). The number of hydrogen-bond acceptors (Lipinski definition) is 3. The summed E-state index contributed by atoms with van der Waals surface area (Å²) >= 11 is 0. The van der Waals surface area contributed by atoms with Crippen LogP contribution in [0.5, 0.6) is 5.75 Å². The first kappa shape index (κ1) is 9.54. The topological polar surface area (TPSA) is 83.5 Å². The van der Waals surface area contributed by atoms with Gasteiger partial charge in [-0.1, -0.05) is 12.1 Å². The Morgan fingerprint density at radius 1 is 1.38 bits per heavy atom. The van der Waals surface area contributed by atoms with Crippen molar-refractivity contribution in [3.63, 3.8) is 0 Å². The maximum atomic E-state index is 10.4. The Hall–Kier alpha value is -1.55. The summed E-state index contributed by atoms with van der Waals surface area (Å²) < 4.78 is 0. The van der Waals surface area contributed by atoms with E-state index in [1.165, 1.54) is 12.1 Å². The van der Waals surface area contributed by atoms with Crippen LogP contribution in [-0.2, 0) is 11.2 Å². The van der Waals surface area contributed by atoms with Gasteiger partial charge in [0.15, 0.2) is 0 Å². The Bertz CT molecular complexity index is 294. The lowest BCUT2D eigenvalue weighted by Crippen LogP contribution is -2.32. The molecule has 4 nitrogen and oxygen atoms in total. The quantitative estimate of drug-likeness (QED) is 0.629. The number of carboxylic acid groups (broad SMARTS) is 1. The highest BCUT2D eigenvalue weighted by Gasteiger charge is 2.11. The predicted molar refractivity (Wildman–Crippen MR) is 47.4 cm³/mol. The molecule has 0 heterocycles. The Morgan fingerprint density at radius 2 is 1.92 bits per heavy atom. The van der Waals surface area contributed by atoms with E-state index < -0.39 is 12.0 Å². The summed E-state index contributed by atoms with van der Waals surface area (Å²) in [6, 6.07) is 5.42. The third-order valence-electron chi connectivity index (χ3n) is 1.71. The predicted octanol–water partition coefficient (Wildman–Crippen LogP) is 0.347. The summed E-state index contributed by atoms with van der Waals surface area (Å²) in [4.78, 5) is 10.4. The Balaban J connectivity index is 2.64. The van der Waals surface area contributed by atoms with Gasteiger partial charge in [0.05, 0.1) is 0 Å². The molecule has 0 fully saturated rings. The van der Waals surface area contributed by atoms with Crippen molar-refractivity contribution in [3.8, 4) is 5.75 Å². The van der Waals surface area contributed by atoms with E-state index in [2.05, 4.69) is 0 Å². The van der Waals surface area contributed by atoms with E-state index >= 15 is 0 Å². The number of benzene rings is 1. The Kier molecular flexibility index (Phi) is 2.87. The highest BCUT2D eigenvalue weighted by molar-refractivity contribution is 5.73. The lowest BCUT2D eigenvalue weighted by atomic mass is 10.1. The standard InChI is InChI=1S/C9H11NO3/c10-8(9(12)13)5-6-1-3-7(11)4-2-6/h1-4,8,11H,5,10H2,(H,12,13)/i1+1. The van der Waals surface area contributed by atoms with Crippen molar-refractivity contribution in [3.05, 3.63) is 29.8 Å². The van der Waals surface area contributed by atoms with E-state index in [-0.39, 0.29) is 12.2 Å². The summed E-state index contributed by atoms with van der Waals surface area (Å²) in [5.74, 6) is -0.860. The van der Waals surface area contributed by atoms with Crippen LogP contribution in [-0.4, -0.2) is 22.2 Å². The fourth-order valence-corrected chi connectivity index (χ4v) is 0.973. The van der Waals surface area contributed by atoms with Crippen LogP contribution in [0.3, 0.4) is 0 Å². The van der Waals surface area contributed by atoms with E-state index in [1.54, 1.807) is 12.1 Å². The number of carboxylic acids is 1. The molecule has 0 aliphatic rings. The molecule has 13 heavy (non-hydrogen) atoms. The van der Waals surface area contributed by atoms with Gasteiger partial charge in [0.25, 0.3) is 0 Å². The number of aromatic hydroxyl groups is 1. The number of phenols is 1. The molecule has 1 aromatic carbocycles. The van der Waals surface area contributed by atoms with Gasteiger partial charge in [-0.05, 0) is 24.1 Å². The number of carbonyl (C=O) groups is 1. The average molecular weight is 182 g/mol. The van der Waals surface area contributed by atoms with Crippen LogP contribution in [0.4, 0.5) is 0 Å². The minimum Gasteiger partial charge on any atom is -0.508 e. The van der Waals surface area contributed by atoms with Gasteiger partial charge >= 0.3 is 5.97 Å². The first-order valence-electron chi connectivity index (χ1n) is 3.86. The number of hydrogen-bond donors (Lipinski definition) is 3. The summed E-state index contributed by atoms with van der Waals surface area (Å²) in [6.45, 7) is 0. The van der Waals surface area contributed by atoms with Crippen LogP contribution < -0.4 is 5.73 Å². The van der Waals surface area contributed by atoms with Crippen LogP contribution in [0.15, 0.2) is 24.3 Å². The summed E-state index contributed by atoms with van der Waals surface area (Å²) in [5, 5.41) is 17.5. The van der Waals surface area contributed by atoms with Gasteiger partial charge in [-0.3, -0.25) is 4.79 Å². The van der Waals surface area contributed by atoms with Crippen molar-refractivity contribution >= 4 is 5.97 Å². The molecule has 1 atom stereocenters. The molecule has 1 unspecified atom stereocenters. The third-order valence-corrected chi connectivity index (χ3v) is 1.71. The average Bonchev–Trinajstić information content (AvgIpc) is 2.08. The van der Waals surface area contributed by atoms with Crippen molar-refractivity contribution in [2.75, 3.05) is 0 Å². The zero-order valence-corrected chi connectivity index (χ0v) is 6.97. The number of nitrogens with two attached hydrogens (primary N) is 1. The van der Waals surface area contributed by atoms with Gasteiger partial charge in [0.2, 0.25) is 0 Å². The fraction of sp³-hybridized carbons (Fsp3) is 0.222. The molecule has 1 aromatic rings. The zero-order chi connectivity index (χ0) is 9.84. The second kappa shape index (κ2) is 3.91. The zero-order valence-electron chi connectivity index (χ0n) is 6.97. The second-order valence-corrected chi connectivity index (χ2v) is 2.82. The van der Waals surface area contributed by atoms with Crippen molar-refractivity contribution in [2.24, 2.45) is 5.73 Å². The highest BCUT2D eigenvalue weighted by atomic mass is 16.4. The SMILES string of the molecule is NC(Cc1ccc(O)c[13cH]1)C(=O)O. The lowest BCUT2D eigenvalue weighted by Gasteiger charge is -2.05. The molecule has 0 saturated carbocycles. The minimum absolute atomic E-state index is 0.160. The van der Waals surface area contributed by atoms with E-state index in [4.69, 9.17) is 15.9 Å². The molecule has 4 heteroatoms. The summed E-state index contributed by atoms with van der Waals surface area (Å²) in [7, 11) is 0. The Labute approximate surface area is 75.6 Å². The number of rotatable bonds is 3. The van der Waals surface area contributed by atoms with Crippen molar-refractivity contribution < 1.29 is 15.0 Å². The maximum absolute atomic E-state index is 10.4. The molecule has 70 valence electrons. The van der Waals surface area contributed by atoms with Gasteiger partial charge < -0.3 is 15.9 Å². The van der Waals surface area contributed by atoms with Crippen molar-refractivity contribution in [2.45, 2.75) is 12.5 Å². The summed E-state index contributed by atoms with van der Waals surface area (Å²) in [6.07, 6.45) is 0.273. The van der Waals surface area contributed by atoms with Crippen LogP contribution in [0.25, 0.3) is 0 Å². The lowest BCUT2D eigenvalue weighted by molar-refractivity contribution is -0.138. The number of aliphatic carboxylic acids is 1. The largest absolute Gasteiger partial charge is 0.508 e. The third kappa shape index (κ3) is 2.76. The van der Waals surface area contributed by atoms with E-state index in [1.807, 2.05) is 0 Å². The highest BCUT2D eigenvalue weighted by Crippen LogP contribution is 2.10. The number of phenolic OH excluding ortho intramolecular Hbond substituents is 1. The first-order chi connectivity index (χ1) is 6.09. The van der Waals surface area contributed by atoms with Gasteiger partial charge in [-0.15, -0.1) is 0 Å². The molecule has 0 amide bonds. The normalized spacial score (nSPS) is 12.4. The van der Waals surface area contributed by atoms with Gasteiger partial charge in [0.1, 0.15) is 11.8 Å². The molecule has 0 bridgehead atoms. The molecule has 0 aliphatic carbocycles. The van der Waals surface area contributed by atoms with Gasteiger partial charge in [-0.25, -0.2) is 0 Å². The molecule has 0 saturated heterocycles. The van der Waals surface area contributed by atoms with E-state index in [0.717, 1.165) is 5.56 Å². The monoisotopic (exact) mass is 182 g/mol. The Morgan fingerprint density at radius 3 is 2.38 bits per heavy atom. The van der Waals surface area contributed by atoms with Gasteiger partial charge in [0, 0.05) is 0 Å². The maximum Gasteiger partial charge on any atom is 0.320 e. The first-order valence-corrected chi connectivity index (χ1v) is 3.86. The van der Waals surface area contributed by atoms with Crippen molar-refractivity contribution in [1.82, 2.24) is 0 Å². The molecular formula is C9H11NO3. The minimum atomic E-state index is -1.02. The van der Waals surface area contributed by atoms with E-state index in [9.17, 15) is 4.79 Å². The molecule has 4 N–H and O–H groups in total. The molecule has 0 spiro atoms. The fourth-order valence-electron chi connectivity index (χ4n) is 0.973. The molecule has 0 aliphatic heterocycles. The van der Waals surface area contributed by atoms with E-state index in [0.29, 0.717) is 0 Å². The van der Waals surface area contributed by atoms with Crippen molar-refractivity contribution in [1.29, 1.82) is 0 Å². The molecule has 0 radical (unpaired) electrons. The molecular weight excluding hydrogens is 171 g/mol. The van der Waals surface area contributed by atoms with Crippen LogP contribution in [0.1, 0.15) is 5.56 Å². The van der Waals surface area contributed by atoms with Gasteiger partial charge in [-0.2, -0.15) is 0 Å². The van der Waals surface area contributed by atoms with Crippen LogP contribution in [0.2, 0.25) is 0 Å². The molecule has 0 aromatic heterocycles. The summed E-state index contributed by atoms with van der Waals surface area (Å²) in [5.41, 5.74) is 6.12. The smallest absolute Gasteiger partial charge is 0.320 e.